The lowest BCUT2D eigenvalue weighted by molar-refractivity contribution is -0.140. The summed E-state index contributed by atoms with van der Waals surface area (Å²) in [5.41, 5.74) is 4.09. The number of allylic oxidation sites excluding steroid dienone is 3. The van der Waals surface area contributed by atoms with Gasteiger partial charge in [-0.25, -0.2) is 4.79 Å². The van der Waals surface area contributed by atoms with Crippen LogP contribution < -0.4 is 14.8 Å². The highest BCUT2D eigenvalue weighted by Gasteiger charge is 2.42. The van der Waals surface area contributed by atoms with Crippen LogP contribution in [0.1, 0.15) is 49.7 Å². The van der Waals surface area contributed by atoms with Gasteiger partial charge in [0.1, 0.15) is 6.61 Å². The average molecular weight is 526 g/mol. The minimum Gasteiger partial charge on any atom is -0.493 e. The highest BCUT2D eigenvalue weighted by Crippen LogP contribution is 2.49. The van der Waals surface area contributed by atoms with E-state index in [4.69, 9.17) is 30.5 Å². The van der Waals surface area contributed by atoms with E-state index in [9.17, 15) is 9.59 Å². The Morgan fingerprint density at radius 1 is 1.05 bits per heavy atom. The summed E-state index contributed by atoms with van der Waals surface area (Å²) in [6.45, 7) is 4.66. The van der Waals surface area contributed by atoms with Crippen molar-refractivity contribution in [2.45, 2.75) is 38.5 Å². The Balaban J connectivity index is 1.79. The molecule has 0 unspecified atom stereocenters. The van der Waals surface area contributed by atoms with Gasteiger partial charge in [0.2, 0.25) is 0 Å². The van der Waals surface area contributed by atoms with Gasteiger partial charge in [-0.05, 0) is 49.9 Å². The molecule has 1 aliphatic heterocycles. The standard InChI is InChI=1S/C29H32ClNO6/c1-5-36-13-14-37-29(33)25-17(2)31-22-15-19(18-9-11-20(30)12-10-18)16-23(32)27(22)26(25)21-7-6-8-24(34-3)28(21)35-4/h6-12,19,26,31H,5,13-16H2,1-4H3/t19-,26-/m1/s1. The maximum atomic E-state index is 13.8. The predicted octanol–water partition coefficient (Wildman–Crippen LogP) is 5.30. The Bertz CT molecular complexity index is 1230. The number of dihydropyridines is 1. The van der Waals surface area contributed by atoms with E-state index in [0.29, 0.717) is 65.0 Å². The monoisotopic (exact) mass is 525 g/mol. The number of ketones is 1. The summed E-state index contributed by atoms with van der Waals surface area (Å²) in [6, 6.07) is 13.1. The van der Waals surface area contributed by atoms with E-state index in [1.807, 2.05) is 50.2 Å². The second-order valence-electron chi connectivity index (χ2n) is 8.98. The van der Waals surface area contributed by atoms with Crippen LogP contribution in [0.2, 0.25) is 5.02 Å². The van der Waals surface area contributed by atoms with Crippen LogP contribution in [0.15, 0.2) is 65.0 Å². The largest absolute Gasteiger partial charge is 0.493 e. The van der Waals surface area contributed by atoms with Crippen molar-refractivity contribution in [1.29, 1.82) is 0 Å². The minimum atomic E-state index is -0.667. The molecule has 1 heterocycles. The van der Waals surface area contributed by atoms with Crippen LogP contribution in [-0.2, 0) is 19.1 Å². The van der Waals surface area contributed by atoms with Crippen LogP contribution in [0, 0.1) is 0 Å². The van der Waals surface area contributed by atoms with Crippen LogP contribution in [0.25, 0.3) is 0 Å². The number of carbonyl (C=O) groups is 2. The van der Waals surface area contributed by atoms with Crippen molar-refractivity contribution in [3.05, 3.63) is 81.2 Å². The molecule has 7 nitrogen and oxygen atoms in total. The summed E-state index contributed by atoms with van der Waals surface area (Å²) in [4.78, 5) is 27.2. The maximum absolute atomic E-state index is 13.8. The van der Waals surface area contributed by atoms with Gasteiger partial charge in [0.05, 0.1) is 32.3 Å². The minimum absolute atomic E-state index is 0.00336. The molecule has 1 N–H and O–H groups in total. The van der Waals surface area contributed by atoms with Crippen molar-refractivity contribution in [2.75, 3.05) is 34.0 Å². The molecular formula is C29H32ClNO6. The number of Topliss-reactive ketones (excluding diaryl/α,β-unsaturated/α-hetero) is 1. The fourth-order valence-electron chi connectivity index (χ4n) is 5.15. The second kappa shape index (κ2) is 11.8. The highest BCUT2D eigenvalue weighted by molar-refractivity contribution is 6.30. The molecule has 8 heteroatoms. The fourth-order valence-corrected chi connectivity index (χ4v) is 5.27. The molecule has 2 aromatic rings. The molecule has 0 radical (unpaired) electrons. The lowest BCUT2D eigenvalue weighted by Gasteiger charge is -2.37. The quantitative estimate of drug-likeness (QED) is 0.351. The first-order valence-electron chi connectivity index (χ1n) is 12.3. The zero-order valence-electron chi connectivity index (χ0n) is 21.6. The lowest BCUT2D eigenvalue weighted by Crippen LogP contribution is -2.36. The van der Waals surface area contributed by atoms with Gasteiger partial charge < -0.3 is 24.3 Å². The van der Waals surface area contributed by atoms with E-state index in [0.717, 1.165) is 11.3 Å². The van der Waals surface area contributed by atoms with Gasteiger partial charge in [0.15, 0.2) is 17.3 Å². The van der Waals surface area contributed by atoms with E-state index in [1.54, 1.807) is 20.3 Å². The van der Waals surface area contributed by atoms with Gasteiger partial charge in [-0.3, -0.25) is 4.79 Å². The molecular weight excluding hydrogens is 494 g/mol. The number of methoxy groups -OCH3 is 2. The van der Waals surface area contributed by atoms with Crippen molar-refractivity contribution in [3.63, 3.8) is 0 Å². The molecule has 37 heavy (non-hydrogen) atoms. The zero-order chi connectivity index (χ0) is 26.5. The number of halogens is 1. The molecule has 2 atom stereocenters. The molecule has 2 aromatic carbocycles. The van der Waals surface area contributed by atoms with Crippen molar-refractivity contribution < 1.29 is 28.5 Å². The van der Waals surface area contributed by atoms with E-state index < -0.39 is 11.9 Å². The van der Waals surface area contributed by atoms with Gasteiger partial charge in [-0.1, -0.05) is 35.9 Å². The molecule has 0 saturated heterocycles. The summed E-state index contributed by atoms with van der Waals surface area (Å²) < 4.78 is 22.2. The highest BCUT2D eigenvalue weighted by atomic mass is 35.5. The van der Waals surface area contributed by atoms with Crippen LogP contribution in [0.4, 0.5) is 0 Å². The third-order valence-electron chi connectivity index (χ3n) is 6.80. The van der Waals surface area contributed by atoms with Crippen LogP contribution in [0.5, 0.6) is 11.5 Å². The second-order valence-corrected chi connectivity index (χ2v) is 9.42. The van der Waals surface area contributed by atoms with Crippen LogP contribution in [-0.4, -0.2) is 45.8 Å². The van der Waals surface area contributed by atoms with Crippen molar-refractivity contribution in [1.82, 2.24) is 5.32 Å². The first-order valence-corrected chi connectivity index (χ1v) is 12.7. The Labute approximate surface area is 222 Å². The Kier molecular flexibility index (Phi) is 8.56. The van der Waals surface area contributed by atoms with Gasteiger partial charge in [-0.15, -0.1) is 0 Å². The summed E-state index contributed by atoms with van der Waals surface area (Å²) in [5.74, 6) is -0.209. The third kappa shape index (κ3) is 5.53. The maximum Gasteiger partial charge on any atom is 0.336 e. The van der Waals surface area contributed by atoms with Crippen LogP contribution >= 0.6 is 11.6 Å². The van der Waals surface area contributed by atoms with Gasteiger partial charge in [-0.2, -0.15) is 0 Å². The first kappa shape index (κ1) is 26.8. The molecule has 0 amide bonds. The molecule has 1 aliphatic carbocycles. The number of ether oxygens (including phenoxy) is 4. The number of carbonyl (C=O) groups excluding carboxylic acids is 2. The normalized spacial score (nSPS) is 19.3. The Morgan fingerprint density at radius 3 is 2.49 bits per heavy atom. The molecule has 0 spiro atoms. The molecule has 0 bridgehead atoms. The van der Waals surface area contributed by atoms with Gasteiger partial charge in [0, 0.05) is 40.6 Å². The Hall–Kier alpha value is -3.29. The molecule has 0 fully saturated rings. The van der Waals surface area contributed by atoms with E-state index in [1.165, 1.54) is 0 Å². The number of para-hydroxylation sites is 1. The first-order chi connectivity index (χ1) is 17.9. The summed E-state index contributed by atoms with van der Waals surface area (Å²) in [6.07, 6.45) is 0.937. The number of rotatable bonds is 9. The number of hydrogen-bond donors (Lipinski definition) is 1. The van der Waals surface area contributed by atoms with Crippen molar-refractivity contribution in [3.8, 4) is 11.5 Å². The molecule has 2 aliphatic rings. The van der Waals surface area contributed by atoms with E-state index in [-0.39, 0.29) is 18.3 Å². The molecule has 0 aromatic heterocycles. The van der Waals surface area contributed by atoms with E-state index >= 15 is 0 Å². The van der Waals surface area contributed by atoms with Crippen molar-refractivity contribution >= 4 is 23.4 Å². The third-order valence-corrected chi connectivity index (χ3v) is 7.05. The number of hydrogen-bond acceptors (Lipinski definition) is 7. The van der Waals surface area contributed by atoms with Crippen LogP contribution in [0.3, 0.4) is 0 Å². The molecule has 4 rings (SSSR count). The Morgan fingerprint density at radius 2 is 1.81 bits per heavy atom. The summed E-state index contributed by atoms with van der Waals surface area (Å²) in [7, 11) is 3.11. The number of benzene rings is 2. The fraction of sp³-hybridized carbons (Fsp3) is 0.379. The summed E-state index contributed by atoms with van der Waals surface area (Å²) in [5, 5.41) is 4.02. The van der Waals surface area contributed by atoms with Crippen molar-refractivity contribution in [2.24, 2.45) is 0 Å². The molecule has 196 valence electrons. The zero-order valence-corrected chi connectivity index (χ0v) is 22.3. The van der Waals surface area contributed by atoms with Gasteiger partial charge >= 0.3 is 5.97 Å². The van der Waals surface area contributed by atoms with E-state index in [2.05, 4.69) is 5.32 Å². The predicted molar refractivity (Wildman–Crippen MR) is 141 cm³/mol. The SMILES string of the molecule is CCOCCOC(=O)C1=C(C)NC2=C(C(=O)C[C@H](c3ccc(Cl)cc3)C2)[C@@H]1c1cccc(OC)c1OC. The average Bonchev–Trinajstić information content (AvgIpc) is 2.89. The van der Waals surface area contributed by atoms with Gasteiger partial charge in [0.25, 0.3) is 0 Å². The topological polar surface area (TPSA) is 83.1 Å². The number of esters is 1. The summed E-state index contributed by atoms with van der Waals surface area (Å²) >= 11 is 6.08. The smallest absolute Gasteiger partial charge is 0.336 e. The molecule has 0 saturated carbocycles. The number of nitrogens with one attached hydrogen (secondary N) is 1. The lowest BCUT2D eigenvalue weighted by atomic mass is 9.71.